The van der Waals surface area contributed by atoms with Gasteiger partial charge < -0.3 is 19.6 Å². The van der Waals surface area contributed by atoms with Gasteiger partial charge in [-0.3, -0.25) is 9.89 Å². The Kier molecular flexibility index (Phi) is 9.30. The molecule has 2 aromatic rings. The van der Waals surface area contributed by atoms with Crippen LogP contribution in [0.1, 0.15) is 48.6 Å². The van der Waals surface area contributed by atoms with Crippen LogP contribution in [0.4, 0.5) is 0 Å². The average Bonchev–Trinajstić information content (AvgIpc) is 3.41. The van der Waals surface area contributed by atoms with Crippen LogP contribution in [0.2, 0.25) is 0 Å². The van der Waals surface area contributed by atoms with E-state index in [2.05, 4.69) is 33.7 Å². The number of furan rings is 1. The summed E-state index contributed by atoms with van der Waals surface area (Å²) in [5.41, 5.74) is 2.13. The summed E-state index contributed by atoms with van der Waals surface area (Å²) in [6.45, 7) is 10.5. The quantitative estimate of drug-likeness (QED) is 0.328. The SMILES string of the molecule is CCNC(=NCC(c1ccco1)N1CCCC1)NCCc1c(C)noc1C.I. The van der Waals surface area contributed by atoms with Crippen LogP contribution in [0.5, 0.6) is 0 Å². The number of nitrogens with zero attached hydrogens (tertiary/aromatic N) is 3. The molecule has 0 bridgehead atoms. The molecule has 0 aromatic carbocycles. The van der Waals surface area contributed by atoms with E-state index in [9.17, 15) is 0 Å². The number of aryl methyl sites for hydroxylation is 2. The summed E-state index contributed by atoms with van der Waals surface area (Å²) in [5.74, 6) is 2.72. The lowest BCUT2D eigenvalue weighted by Crippen LogP contribution is -2.39. The van der Waals surface area contributed by atoms with Gasteiger partial charge in [0.2, 0.25) is 0 Å². The van der Waals surface area contributed by atoms with Crippen molar-refractivity contribution in [2.24, 2.45) is 4.99 Å². The minimum Gasteiger partial charge on any atom is -0.468 e. The first-order valence-electron chi connectivity index (χ1n) is 9.90. The second-order valence-electron chi connectivity index (χ2n) is 6.97. The Labute approximate surface area is 184 Å². The number of hydrogen-bond donors (Lipinski definition) is 2. The fraction of sp³-hybridized carbons (Fsp3) is 0.600. The van der Waals surface area contributed by atoms with E-state index in [-0.39, 0.29) is 30.0 Å². The van der Waals surface area contributed by atoms with Crippen LogP contribution in [0.15, 0.2) is 32.3 Å². The van der Waals surface area contributed by atoms with Crippen molar-refractivity contribution >= 4 is 29.9 Å². The molecule has 1 aliphatic heterocycles. The van der Waals surface area contributed by atoms with E-state index < -0.39 is 0 Å². The van der Waals surface area contributed by atoms with Gasteiger partial charge in [-0.15, -0.1) is 24.0 Å². The molecule has 28 heavy (non-hydrogen) atoms. The number of likely N-dealkylation sites (tertiary alicyclic amines) is 1. The van der Waals surface area contributed by atoms with E-state index >= 15 is 0 Å². The maximum absolute atomic E-state index is 5.69. The zero-order valence-electron chi connectivity index (χ0n) is 17.0. The van der Waals surface area contributed by atoms with Crippen LogP contribution >= 0.6 is 24.0 Å². The molecule has 1 fully saturated rings. The van der Waals surface area contributed by atoms with Gasteiger partial charge in [-0.05, 0) is 65.3 Å². The van der Waals surface area contributed by atoms with Gasteiger partial charge in [0.05, 0.1) is 24.5 Å². The summed E-state index contributed by atoms with van der Waals surface area (Å²) in [4.78, 5) is 7.30. The molecule has 0 aliphatic carbocycles. The third-order valence-corrected chi connectivity index (χ3v) is 5.07. The Morgan fingerprint density at radius 1 is 1.29 bits per heavy atom. The van der Waals surface area contributed by atoms with Gasteiger partial charge in [-0.2, -0.15) is 0 Å². The molecule has 2 aromatic heterocycles. The number of nitrogens with one attached hydrogen (secondary N) is 2. The lowest BCUT2D eigenvalue weighted by atomic mass is 10.1. The van der Waals surface area contributed by atoms with Crippen molar-refractivity contribution < 1.29 is 8.94 Å². The summed E-state index contributed by atoms with van der Waals surface area (Å²) >= 11 is 0. The van der Waals surface area contributed by atoms with Crippen molar-refractivity contribution in [3.63, 3.8) is 0 Å². The van der Waals surface area contributed by atoms with Gasteiger partial charge in [-0.1, -0.05) is 5.16 Å². The van der Waals surface area contributed by atoms with Crippen LogP contribution in [0.25, 0.3) is 0 Å². The number of halogens is 1. The molecular formula is C20H32IN5O2. The lowest BCUT2D eigenvalue weighted by Gasteiger charge is -2.24. The fourth-order valence-corrected chi connectivity index (χ4v) is 3.60. The molecule has 3 rings (SSSR count). The van der Waals surface area contributed by atoms with Gasteiger partial charge in [-0.25, -0.2) is 0 Å². The number of aromatic nitrogens is 1. The second kappa shape index (κ2) is 11.5. The summed E-state index contributed by atoms with van der Waals surface area (Å²) in [6.07, 6.45) is 5.10. The van der Waals surface area contributed by atoms with Crippen molar-refractivity contribution in [3.8, 4) is 0 Å². The number of hydrogen-bond acceptors (Lipinski definition) is 5. The molecule has 8 heteroatoms. The minimum absolute atomic E-state index is 0. The molecule has 2 N–H and O–H groups in total. The number of guanidine groups is 1. The summed E-state index contributed by atoms with van der Waals surface area (Å²) in [6, 6.07) is 4.20. The Hall–Kier alpha value is -1.55. The van der Waals surface area contributed by atoms with Gasteiger partial charge in [0.25, 0.3) is 0 Å². The van der Waals surface area contributed by atoms with Crippen molar-refractivity contribution in [2.75, 3.05) is 32.7 Å². The molecular weight excluding hydrogens is 469 g/mol. The second-order valence-corrected chi connectivity index (χ2v) is 6.97. The predicted octanol–water partition coefficient (Wildman–Crippen LogP) is 3.44. The Balaban J connectivity index is 0.00000280. The zero-order chi connectivity index (χ0) is 19.1. The van der Waals surface area contributed by atoms with Crippen molar-refractivity contribution in [1.82, 2.24) is 20.7 Å². The predicted molar refractivity (Wildman–Crippen MR) is 121 cm³/mol. The van der Waals surface area contributed by atoms with Crippen LogP contribution in [-0.4, -0.2) is 48.7 Å². The highest BCUT2D eigenvalue weighted by molar-refractivity contribution is 14.0. The van der Waals surface area contributed by atoms with Gasteiger partial charge in [0.1, 0.15) is 11.5 Å². The van der Waals surface area contributed by atoms with Gasteiger partial charge in [0.15, 0.2) is 5.96 Å². The average molecular weight is 501 g/mol. The van der Waals surface area contributed by atoms with Crippen molar-refractivity contribution in [2.45, 2.75) is 46.1 Å². The minimum atomic E-state index is 0. The standard InChI is InChI=1S/C20H31N5O2.HI/c1-4-21-20(22-10-9-17-15(2)24-27-16(17)3)23-14-18(19-8-7-13-26-19)25-11-5-6-12-25;/h7-8,13,18H,4-6,9-12,14H2,1-3H3,(H2,21,22,23);1H. The monoisotopic (exact) mass is 501 g/mol. The Bertz CT molecular complexity index is 704. The van der Waals surface area contributed by atoms with Crippen molar-refractivity contribution in [1.29, 1.82) is 0 Å². The molecule has 1 atom stereocenters. The van der Waals surface area contributed by atoms with Crippen molar-refractivity contribution in [3.05, 3.63) is 41.2 Å². The molecule has 0 amide bonds. The van der Waals surface area contributed by atoms with E-state index in [1.165, 1.54) is 18.4 Å². The highest BCUT2D eigenvalue weighted by Gasteiger charge is 2.25. The van der Waals surface area contributed by atoms with E-state index in [0.29, 0.717) is 6.54 Å². The molecule has 1 saturated heterocycles. The maximum atomic E-state index is 5.69. The highest BCUT2D eigenvalue weighted by Crippen LogP contribution is 2.25. The molecule has 0 saturated carbocycles. The van der Waals surface area contributed by atoms with E-state index in [0.717, 1.165) is 55.8 Å². The lowest BCUT2D eigenvalue weighted by molar-refractivity contribution is 0.221. The third-order valence-electron chi connectivity index (χ3n) is 5.07. The maximum Gasteiger partial charge on any atom is 0.191 e. The number of aliphatic imine (C=N–C) groups is 1. The van der Waals surface area contributed by atoms with Crippen LogP contribution in [0.3, 0.4) is 0 Å². The largest absolute Gasteiger partial charge is 0.468 e. The number of rotatable bonds is 8. The third kappa shape index (κ3) is 5.97. The first kappa shape index (κ1) is 22.7. The molecule has 1 aliphatic rings. The van der Waals surface area contributed by atoms with E-state index in [4.69, 9.17) is 13.9 Å². The first-order valence-corrected chi connectivity index (χ1v) is 9.90. The van der Waals surface area contributed by atoms with Gasteiger partial charge >= 0.3 is 0 Å². The zero-order valence-corrected chi connectivity index (χ0v) is 19.4. The van der Waals surface area contributed by atoms with Crippen LogP contribution in [0, 0.1) is 13.8 Å². The molecule has 1 unspecified atom stereocenters. The fourth-order valence-electron chi connectivity index (χ4n) is 3.60. The Morgan fingerprint density at radius 2 is 2.07 bits per heavy atom. The summed E-state index contributed by atoms with van der Waals surface area (Å²) < 4.78 is 10.9. The molecule has 156 valence electrons. The normalized spacial score (nSPS) is 16.0. The van der Waals surface area contributed by atoms with E-state index in [1.807, 2.05) is 19.9 Å². The first-order chi connectivity index (χ1) is 13.2. The van der Waals surface area contributed by atoms with Crippen LogP contribution in [-0.2, 0) is 6.42 Å². The molecule has 7 nitrogen and oxygen atoms in total. The topological polar surface area (TPSA) is 78.8 Å². The van der Waals surface area contributed by atoms with Crippen LogP contribution < -0.4 is 10.6 Å². The van der Waals surface area contributed by atoms with Gasteiger partial charge in [0, 0.05) is 18.7 Å². The van der Waals surface area contributed by atoms with E-state index in [1.54, 1.807) is 6.26 Å². The summed E-state index contributed by atoms with van der Waals surface area (Å²) in [5, 5.41) is 10.8. The summed E-state index contributed by atoms with van der Waals surface area (Å²) in [7, 11) is 0. The smallest absolute Gasteiger partial charge is 0.191 e. The highest BCUT2D eigenvalue weighted by atomic mass is 127. The molecule has 3 heterocycles. The molecule has 0 spiro atoms. The molecule has 0 radical (unpaired) electrons. The Morgan fingerprint density at radius 3 is 2.68 bits per heavy atom.